The van der Waals surface area contributed by atoms with E-state index in [2.05, 4.69) is 10.6 Å². The van der Waals surface area contributed by atoms with Crippen molar-refractivity contribution < 1.29 is 13.2 Å². The maximum Gasteiger partial charge on any atom is 0.220 e. The molecule has 1 aliphatic heterocycles. The standard InChI is InChI=1S/C16H24N2O3S/c19-16(7-6-14-8-10-17-11-9-14)18-12-13-22(20,21)15-4-2-1-3-5-15/h1-5,14,17H,6-13H2,(H,18,19). The monoisotopic (exact) mass is 324 g/mol. The van der Waals surface area contributed by atoms with Gasteiger partial charge in [0.2, 0.25) is 5.91 Å². The predicted molar refractivity (Wildman–Crippen MR) is 86.3 cm³/mol. The molecule has 0 unspecified atom stereocenters. The molecule has 2 rings (SSSR count). The second-order valence-corrected chi connectivity index (χ2v) is 7.82. The number of piperidine rings is 1. The summed E-state index contributed by atoms with van der Waals surface area (Å²) in [6.07, 6.45) is 3.61. The van der Waals surface area contributed by atoms with Gasteiger partial charge in [0.15, 0.2) is 9.84 Å². The van der Waals surface area contributed by atoms with Gasteiger partial charge < -0.3 is 10.6 Å². The number of carbonyl (C=O) groups is 1. The molecule has 1 aromatic rings. The summed E-state index contributed by atoms with van der Waals surface area (Å²) >= 11 is 0. The molecule has 0 bridgehead atoms. The molecule has 0 spiro atoms. The normalized spacial score (nSPS) is 16.4. The Bertz CT molecular complexity index is 566. The van der Waals surface area contributed by atoms with Crippen molar-refractivity contribution >= 4 is 15.7 Å². The van der Waals surface area contributed by atoms with Crippen molar-refractivity contribution in [1.82, 2.24) is 10.6 Å². The van der Waals surface area contributed by atoms with E-state index in [1.807, 2.05) is 0 Å². The molecule has 1 heterocycles. The van der Waals surface area contributed by atoms with Gasteiger partial charge >= 0.3 is 0 Å². The number of hydrogen-bond donors (Lipinski definition) is 2. The minimum Gasteiger partial charge on any atom is -0.355 e. The predicted octanol–water partition coefficient (Wildman–Crippen LogP) is 1.36. The SMILES string of the molecule is O=C(CCC1CCNCC1)NCCS(=O)(=O)c1ccccc1. The van der Waals surface area contributed by atoms with E-state index in [0.717, 1.165) is 32.4 Å². The average Bonchev–Trinajstić information content (AvgIpc) is 2.54. The first kappa shape index (κ1) is 17.0. The van der Waals surface area contributed by atoms with E-state index in [4.69, 9.17) is 0 Å². The van der Waals surface area contributed by atoms with Crippen LogP contribution in [0.1, 0.15) is 25.7 Å². The van der Waals surface area contributed by atoms with E-state index in [1.54, 1.807) is 30.3 Å². The fraction of sp³-hybridized carbons (Fsp3) is 0.562. The second kappa shape index (κ2) is 8.29. The number of carbonyl (C=O) groups excluding carboxylic acids is 1. The van der Waals surface area contributed by atoms with E-state index in [1.165, 1.54) is 0 Å². The number of rotatable bonds is 7. The van der Waals surface area contributed by atoms with Crippen LogP contribution in [0.5, 0.6) is 0 Å². The zero-order valence-corrected chi connectivity index (χ0v) is 13.6. The molecular weight excluding hydrogens is 300 g/mol. The first-order valence-electron chi connectivity index (χ1n) is 7.83. The molecule has 0 saturated carbocycles. The van der Waals surface area contributed by atoms with Crippen molar-refractivity contribution in [2.75, 3.05) is 25.4 Å². The second-order valence-electron chi connectivity index (χ2n) is 5.71. The molecular formula is C16H24N2O3S. The van der Waals surface area contributed by atoms with Crippen molar-refractivity contribution in [3.05, 3.63) is 30.3 Å². The van der Waals surface area contributed by atoms with Crippen LogP contribution in [0.15, 0.2) is 35.2 Å². The fourth-order valence-corrected chi connectivity index (χ4v) is 3.84. The van der Waals surface area contributed by atoms with E-state index in [9.17, 15) is 13.2 Å². The Morgan fingerprint density at radius 1 is 1.18 bits per heavy atom. The molecule has 1 saturated heterocycles. The molecule has 122 valence electrons. The largest absolute Gasteiger partial charge is 0.355 e. The van der Waals surface area contributed by atoms with Gasteiger partial charge in [0, 0.05) is 13.0 Å². The van der Waals surface area contributed by atoms with Crippen LogP contribution in [0, 0.1) is 5.92 Å². The summed E-state index contributed by atoms with van der Waals surface area (Å²) in [5.74, 6) is 0.498. The third-order valence-corrected chi connectivity index (χ3v) is 5.77. The topological polar surface area (TPSA) is 75.3 Å². The summed E-state index contributed by atoms with van der Waals surface area (Å²) in [5.41, 5.74) is 0. The number of hydrogen-bond acceptors (Lipinski definition) is 4. The number of benzene rings is 1. The van der Waals surface area contributed by atoms with E-state index in [0.29, 0.717) is 17.2 Å². The highest BCUT2D eigenvalue weighted by atomic mass is 32.2. The quantitative estimate of drug-likeness (QED) is 0.794. The maximum atomic E-state index is 12.1. The van der Waals surface area contributed by atoms with Gasteiger partial charge in [-0.05, 0) is 50.4 Å². The zero-order chi connectivity index (χ0) is 15.8. The van der Waals surface area contributed by atoms with Crippen LogP contribution in [0.25, 0.3) is 0 Å². The fourth-order valence-electron chi connectivity index (χ4n) is 2.66. The van der Waals surface area contributed by atoms with Crippen LogP contribution in [-0.2, 0) is 14.6 Å². The highest BCUT2D eigenvalue weighted by Gasteiger charge is 2.16. The molecule has 1 aromatic carbocycles. The summed E-state index contributed by atoms with van der Waals surface area (Å²) in [6.45, 7) is 2.23. The van der Waals surface area contributed by atoms with Crippen LogP contribution in [0.2, 0.25) is 0 Å². The van der Waals surface area contributed by atoms with Crippen LogP contribution in [0.4, 0.5) is 0 Å². The molecule has 0 aromatic heterocycles. The Morgan fingerprint density at radius 2 is 1.86 bits per heavy atom. The van der Waals surface area contributed by atoms with Crippen LogP contribution < -0.4 is 10.6 Å². The van der Waals surface area contributed by atoms with Gasteiger partial charge in [-0.2, -0.15) is 0 Å². The van der Waals surface area contributed by atoms with Crippen LogP contribution in [0.3, 0.4) is 0 Å². The molecule has 1 amide bonds. The van der Waals surface area contributed by atoms with Crippen molar-refractivity contribution in [1.29, 1.82) is 0 Å². The Labute approximate surface area is 132 Å². The number of amides is 1. The smallest absolute Gasteiger partial charge is 0.220 e. The minimum atomic E-state index is -3.31. The summed E-state index contributed by atoms with van der Waals surface area (Å²) in [5, 5.41) is 6.02. The van der Waals surface area contributed by atoms with E-state index in [-0.39, 0.29) is 18.2 Å². The molecule has 1 aliphatic rings. The van der Waals surface area contributed by atoms with Gasteiger partial charge in [-0.3, -0.25) is 4.79 Å². The van der Waals surface area contributed by atoms with Gasteiger partial charge in [0.25, 0.3) is 0 Å². The lowest BCUT2D eigenvalue weighted by atomic mass is 9.93. The highest BCUT2D eigenvalue weighted by Crippen LogP contribution is 2.17. The number of sulfone groups is 1. The Morgan fingerprint density at radius 3 is 2.55 bits per heavy atom. The first-order chi connectivity index (χ1) is 10.6. The molecule has 0 radical (unpaired) electrons. The van der Waals surface area contributed by atoms with Crippen molar-refractivity contribution in [3.8, 4) is 0 Å². The van der Waals surface area contributed by atoms with E-state index >= 15 is 0 Å². The van der Waals surface area contributed by atoms with Gasteiger partial charge in [0.05, 0.1) is 10.6 Å². The summed E-state index contributed by atoms with van der Waals surface area (Å²) < 4.78 is 24.1. The Kier molecular flexibility index (Phi) is 6.39. The third kappa shape index (κ3) is 5.42. The van der Waals surface area contributed by atoms with E-state index < -0.39 is 9.84 Å². The molecule has 5 nitrogen and oxygen atoms in total. The van der Waals surface area contributed by atoms with Gasteiger partial charge in [-0.15, -0.1) is 0 Å². The Balaban J connectivity index is 1.68. The number of nitrogens with one attached hydrogen (secondary N) is 2. The molecule has 0 atom stereocenters. The summed E-state index contributed by atoms with van der Waals surface area (Å²) in [4.78, 5) is 12.1. The summed E-state index contributed by atoms with van der Waals surface area (Å²) in [7, 11) is -3.31. The summed E-state index contributed by atoms with van der Waals surface area (Å²) in [6, 6.07) is 8.33. The van der Waals surface area contributed by atoms with Crippen LogP contribution >= 0.6 is 0 Å². The van der Waals surface area contributed by atoms with Crippen molar-refractivity contribution in [2.24, 2.45) is 5.92 Å². The molecule has 2 N–H and O–H groups in total. The lowest BCUT2D eigenvalue weighted by Gasteiger charge is -2.22. The molecule has 1 fully saturated rings. The lowest BCUT2D eigenvalue weighted by Crippen LogP contribution is -2.31. The lowest BCUT2D eigenvalue weighted by molar-refractivity contribution is -0.121. The maximum absolute atomic E-state index is 12.1. The minimum absolute atomic E-state index is 0.0539. The van der Waals surface area contributed by atoms with Gasteiger partial charge in [-0.1, -0.05) is 18.2 Å². The zero-order valence-electron chi connectivity index (χ0n) is 12.8. The Hall–Kier alpha value is -1.40. The molecule has 0 aliphatic carbocycles. The first-order valence-corrected chi connectivity index (χ1v) is 9.48. The molecule has 6 heteroatoms. The highest BCUT2D eigenvalue weighted by molar-refractivity contribution is 7.91. The van der Waals surface area contributed by atoms with Gasteiger partial charge in [-0.25, -0.2) is 8.42 Å². The van der Waals surface area contributed by atoms with Gasteiger partial charge in [0.1, 0.15) is 0 Å². The third-order valence-electron chi connectivity index (χ3n) is 4.03. The average molecular weight is 324 g/mol. The molecule has 22 heavy (non-hydrogen) atoms. The van der Waals surface area contributed by atoms with Crippen molar-refractivity contribution in [2.45, 2.75) is 30.6 Å². The van der Waals surface area contributed by atoms with Crippen LogP contribution in [-0.4, -0.2) is 39.7 Å². The van der Waals surface area contributed by atoms with Crippen molar-refractivity contribution in [3.63, 3.8) is 0 Å².